The van der Waals surface area contributed by atoms with Crippen LogP contribution in [0.3, 0.4) is 0 Å². The van der Waals surface area contributed by atoms with Crippen LogP contribution in [0.5, 0.6) is 0 Å². The summed E-state index contributed by atoms with van der Waals surface area (Å²) in [6.07, 6.45) is 4.22. The van der Waals surface area contributed by atoms with Gasteiger partial charge >= 0.3 is 0 Å². The first-order chi connectivity index (χ1) is 8.02. The van der Waals surface area contributed by atoms with Crippen molar-refractivity contribution in [1.82, 2.24) is 9.97 Å². The molecule has 0 saturated heterocycles. The fourth-order valence-electron chi connectivity index (χ4n) is 2.23. The van der Waals surface area contributed by atoms with Crippen LogP contribution in [0.2, 0.25) is 5.15 Å². The summed E-state index contributed by atoms with van der Waals surface area (Å²) in [5.74, 6) is 2.14. The number of rotatable bonds is 4. The van der Waals surface area contributed by atoms with Gasteiger partial charge in [0.25, 0.3) is 0 Å². The lowest BCUT2D eigenvalue weighted by Crippen LogP contribution is -2.32. The van der Waals surface area contributed by atoms with E-state index in [0.717, 1.165) is 17.3 Å². The number of nitrogens with zero attached hydrogens (tertiary/aromatic N) is 3. The van der Waals surface area contributed by atoms with Crippen molar-refractivity contribution in [3.63, 3.8) is 0 Å². The summed E-state index contributed by atoms with van der Waals surface area (Å²) in [4.78, 5) is 10.8. The van der Waals surface area contributed by atoms with Crippen molar-refractivity contribution in [1.29, 1.82) is 0 Å². The summed E-state index contributed by atoms with van der Waals surface area (Å²) in [5, 5.41) is 0.583. The Balaban J connectivity index is 2.33. The Labute approximate surface area is 108 Å². The van der Waals surface area contributed by atoms with Gasteiger partial charge in [-0.2, -0.15) is 0 Å². The van der Waals surface area contributed by atoms with Gasteiger partial charge in [-0.15, -0.1) is 0 Å². The van der Waals surface area contributed by atoms with Crippen LogP contribution < -0.4 is 4.90 Å². The van der Waals surface area contributed by atoms with Gasteiger partial charge in [-0.1, -0.05) is 25.4 Å². The predicted molar refractivity (Wildman–Crippen MR) is 71.7 cm³/mol. The van der Waals surface area contributed by atoms with Gasteiger partial charge in [0.1, 0.15) is 17.3 Å². The Morgan fingerprint density at radius 1 is 1.29 bits per heavy atom. The molecule has 0 radical (unpaired) electrons. The Morgan fingerprint density at radius 2 is 1.94 bits per heavy atom. The van der Waals surface area contributed by atoms with E-state index >= 15 is 0 Å². The SMILES string of the molecule is CC(C)c1c(Cl)ncnc1N(C)C(C)C1CC1. The summed E-state index contributed by atoms with van der Waals surface area (Å²) in [7, 11) is 2.10. The quantitative estimate of drug-likeness (QED) is 0.770. The van der Waals surface area contributed by atoms with Gasteiger partial charge in [0.15, 0.2) is 0 Å². The first-order valence-corrected chi connectivity index (χ1v) is 6.63. The highest BCUT2D eigenvalue weighted by Gasteiger charge is 2.32. The molecule has 94 valence electrons. The summed E-state index contributed by atoms with van der Waals surface area (Å²) in [5.41, 5.74) is 1.06. The van der Waals surface area contributed by atoms with Crippen LogP contribution in [0.25, 0.3) is 0 Å². The van der Waals surface area contributed by atoms with Gasteiger partial charge < -0.3 is 4.90 Å². The van der Waals surface area contributed by atoms with Crippen LogP contribution in [0, 0.1) is 5.92 Å². The van der Waals surface area contributed by atoms with E-state index in [2.05, 4.69) is 42.7 Å². The van der Waals surface area contributed by atoms with Gasteiger partial charge in [-0.3, -0.25) is 0 Å². The fourth-order valence-corrected chi connectivity index (χ4v) is 2.58. The molecule has 0 amide bonds. The third-order valence-electron chi connectivity index (χ3n) is 3.64. The number of hydrogen-bond acceptors (Lipinski definition) is 3. The average molecular weight is 254 g/mol. The molecule has 1 heterocycles. The number of halogens is 1. The van der Waals surface area contributed by atoms with Gasteiger partial charge in [0.05, 0.1) is 0 Å². The van der Waals surface area contributed by atoms with Gasteiger partial charge in [0.2, 0.25) is 0 Å². The lowest BCUT2D eigenvalue weighted by Gasteiger charge is -2.28. The van der Waals surface area contributed by atoms with Crippen LogP contribution in [-0.2, 0) is 0 Å². The lowest BCUT2D eigenvalue weighted by molar-refractivity contribution is 0.599. The van der Waals surface area contributed by atoms with E-state index in [1.807, 2.05) is 0 Å². The molecule has 0 spiro atoms. The van der Waals surface area contributed by atoms with Crippen LogP contribution in [0.15, 0.2) is 6.33 Å². The maximum absolute atomic E-state index is 6.19. The highest BCUT2D eigenvalue weighted by molar-refractivity contribution is 6.30. The van der Waals surface area contributed by atoms with E-state index in [1.54, 1.807) is 6.33 Å². The summed E-state index contributed by atoms with van der Waals surface area (Å²) >= 11 is 6.19. The Bertz CT molecular complexity index is 402. The minimum absolute atomic E-state index is 0.340. The van der Waals surface area contributed by atoms with Crippen LogP contribution in [0.1, 0.15) is 45.1 Å². The molecule has 4 heteroatoms. The standard InChI is InChI=1S/C13H20ClN3/c1-8(2)11-12(14)15-7-16-13(11)17(4)9(3)10-5-6-10/h7-10H,5-6H2,1-4H3. The van der Waals surface area contributed by atoms with Crippen molar-refractivity contribution < 1.29 is 0 Å². The minimum Gasteiger partial charge on any atom is -0.356 e. The van der Waals surface area contributed by atoms with Crippen molar-refractivity contribution in [3.05, 3.63) is 17.0 Å². The van der Waals surface area contributed by atoms with Crippen molar-refractivity contribution in [2.45, 2.75) is 45.6 Å². The maximum atomic E-state index is 6.19. The Hall–Kier alpha value is -0.830. The van der Waals surface area contributed by atoms with Crippen molar-refractivity contribution in [2.24, 2.45) is 5.92 Å². The van der Waals surface area contributed by atoms with Gasteiger partial charge in [-0.05, 0) is 31.6 Å². The third kappa shape index (κ3) is 2.54. The summed E-state index contributed by atoms with van der Waals surface area (Å²) < 4.78 is 0. The molecule has 1 unspecified atom stereocenters. The molecule has 1 saturated carbocycles. The Morgan fingerprint density at radius 3 is 2.47 bits per heavy atom. The molecule has 0 aromatic carbocycles. The summed E-state index contributed by atoms with van der Waals surface area (Å²) in [6, 6.07) is 0.526. The van der Waals surface area contributed by atoms with Crippen molar-refractivity contribution in [2.75, 3.05) is 11.9 Å². The number of anilines is 1. The third-order valence-corrected chi connectivity index (χ3v) is 3.94. The van der Waals surface area contributed by atoms with Gasteiger partial charge in [0, 0.05) is 18.7 Å². The first kappa shape index (κ1) is 12.6. The molecule has 17 heavy (non-hydrogen) atoms. The molecule has 1 fully saturated rings. The largest absolute Gasteiger partial charge is 0.356 e. The smallest absolute Gasteiger partial charge is 0.138 e. The summed E-state index contributed by atoms with van der Waals surface area (Å²) in [6.45, 7) is 6.52. The van der Waals surface area contributed by atoms with Gasteiger partial charge in [-0.25, -0.2) is 9.97 Å². The van der Waals surface area contributed by atoms with E-state index in [1.165, 1.54) is 12.8 Å². The lowest BCUT2D eigenvalue weighted by atomic mass is 10.0. The Kier molecular flexibility index (Phi) is 3.57. The van der Waals surface area contributed by atoms with Crippen LogP contribution in [0.4, 0.5) is 5.82 Å². The van der Waals surface area contributed by atoms with E-state index in [0.29, 0.717) is 17.1 Å². The molecule has 1 aromatic rings. The van der Waals surface area contributed by atoms with E-state index in [9.17, 15) is 0 Å². The molecule has 1 aliphatic carbocycles. The van der Waals surface area contributed by atoms with E-state index < -0.39 is 0 Å². The molecule has 1 aromatic heterocycles. The molecule has 3 nitrogen and oxygen atoms in total. The second kappa shape index (κ2) is 4.81. The number of hydrogen-bond donors (Lipinski definition) is 0. The second-order valence-corrected chi connectivity index (χ2v) is 5.60. The maximum Gasteiger partial charge on any atom is 0.138 e. The highest BCUT2D eigenvalue weighted by Crippen LogP contribution is 2.38. The predicted octanol–water partition coefficient (Wildman–Crippen LogP) is 3.49. The molecular weight excluding hydrogens is 234 g/mol. The monoisotopic (exact) mass is 253 g/mol. The molecule has 1 atom stereocenters. The zero-order chi connectivity index (χ0) is 12.6. The number of aromatic nitrogens is 2. The average Bonchev–Trinajstić information content (AvgIpc) is 3.10. The zero-order valence-corrected chi connectivity index (χ0v) is 11.7. The van der Waals surface area contributed by atoms with Crippen LogP contribution in [-0.4, -0.2) is 23.1 Å². The topological polar surface area (TPSA) is 29.0 Å². The van der Waals surface area contributed by atoms with E-state index in [-0.39, 0.29) is 0 Å². The van der Waals surface area contributed by atoms with Crippen molar-refractivity contribution in [3.8, 4) is 0 Å². The molecule has 2 rings (SSSR count). The molecular formula is C13H20ClN3. The zero-order valence-electron chi connectivity index (χ0n) is 10.9. The normalized spacial score (nSPS) is 17.3. The second-order valence-electron chi connectivity index (χ2n) is 5.25. The van der Waals surface area contributed by atoms with Crippen molar-refractivity contribution >= 4 is 17.4 Å². The first-order valence-electron chi connectivity index (χ1n) is 6.25. The fraction of sp³-hybridized carbons (Fsp3) is 0.692. The molecule has 1 aliphatic rings. The molecule has 0 bridgehead atoms. The highest BCUT2D eigenvalue weighted by atomic mass is 35.5. The molecule has 0 N–H and O–H groups in total. The minimum atomic E-state index is 0.340. The van der Waals surface area contributed by atoms with E-state index in [4.69, 9.17) is 11.6 Å². The van der Waals surface area contributed by atoms with Crippen LogP contribution >= 0.6 is 11.6 Å². The molecule has 0 aliphatic heterocycles.